The molecule has 0 N–H and O–H groups in total. The van der Waals surface area contributed by atoms with Crippen LogP contribution in [0.3, 0.4) is 0 Å². The molecule has 2 aliphatic heterocycles. The van der Waals surface area contributed by atoms with Gasteiger partial charge in [0.2, 0.25) is 11.8 Å². The van der Waals surface area contributed by atoms with E-state index in [0.29, 0.717) is 19.5 Å². The lowest BCUT2D eigenvalue weighted by Crippen LogP contribution is -2.51. The molecule has 2 fully saturated rings. The van der Waals surface area contributed by atoms with E-state index < -0.39 is 0 Å². The summed E-state index contributed by atoms with van der Waals surface area (Å²) in [5, 5.41) is 0. The molecule has 0 aromatic carbocycles. The summed E-state index contributed by atoms with van der Waals surface area (Å²) in [6.07, 6.45) is 5.76. The molecule has 5 heteroatoms. The molecule has 5 nitrogen and oxygen atoms in total. The molecule has 0 aromatic rings. The van der Waals surface area contributed by atoms with Gasteiger partial charge >= 0.3 is 0 Å². The van der Waals surface area contributed by atoms with Gasteiger partial charge in [-0.3, -0.25) is 19.4 Å². The minimum Gasteiger partial charge on any atom is -0.373 e. The third-order valence-corrected chi connectivity index (χ3v) is 4.44. The second kappa shape index (κ2) is 5.30. The van der Waals surface area contributed by atoms with Crippen molar-refractivity contribution in [1.29, 1.82) is 0 Å². The molecule has 0 unspecified atom stereocenters. The van der Waals surface area contributed by atoms with Crippen LogP contribution in [0.5, 0.6) is 0 Å². The summed E-state index contributed by atoms with van der Waals surface area (Å²) in [6, 6.07) is 0. The summed E-state index contributed by atoms with van der Waals surface area (Å²) in [5.41, 5.74) is 0. The summed E-state index contributed by atoms with van der Waals surface area (Å²) in [5.74, 6) is -0.223. The highest BCUT2D eigenvalue weighted by atomic mass is 16.5. The number of likely N-dealkylation sites (tertiary alicyclic amines) is 1. The van der Waals surface area contributed by atoms with Crippen molar-refractivity contribution in [2.75, 3.05) is 19.8 Å². The largest absolute Gasteiger partial charge is 0.373 e. The molecule has 1 aliphatic carbocycles. The van der Waals surface area contributed by atoms with Crippen molar-refractivity contribution in [3.05, 3.63) is 12.2 Å². The van der Waals surface area contributed by atoms with Crippen LogP contribution in [-0.4, -0.2) is 53.6 Å². The maximum atomic E-state index is 12.4. The maximum Gasteiger partial charge on any atom is 0.234 e. The third kappa shape index (κ3) is 2.40. The zero-order valence-corrected chi connectivity index (χ0v) is 12.1. The van der Waals surface area contributed by atoms with Crippen LogP contribution in [0.15, 0.2) is 12.2 Å². The van der Waals surface area contributed by atoms with Crippen LogP contribution in [0.25, 0.3) is 0 Å². The van der Waals surface area contributed by atoms with Crippen LogP contribution in [-0.2, 0) is 14.3 Å². The Morgan fingerprint density at radius 3 is 2.05 bits per heavy atom. The first-order chi connectivity index (χ1) is 9.56. The molecule has 2 heterocycles. The van der Waals surface area contributed by atoms with Crippen LogP contribution in [0.4, 0.5) is 0 Å². The molecule has 0 aromatic heterocycles. The predicted octanol–water partition coefficient (Wildman–Crippen LogP) is 1.00. The summed E-state index contributed by atoms with van der Waals surface area (Å²) >= 11 is 0. The van der Waals surface area contributed by atoms with E-state index in [4.69, 9.17) is 4.74 Å². The smallest absolute Gasteiger partial charge is 0.234 e. The van der Waals surface area contributed by atoms with E-state index in [1.807, 2.05) is 26.0 Å². The highest BCUT2D eigenvalue weighted by Crippen LogP contribution is 2.35. The van der Waals surface area contributed by atoms with Crippen molar-refractivity contribution in [3.8, 4) is 0 Å². The summed E-state index contributed by atoms with van der Waals surface area (Å²) in [7, 11) is 0. The van der Waals surface area contributed by atoms with Crippen molar-refractivity contribution < 1.29 is 14.3 Å². The van der Waals surface area contributed by atoms with E-state index in [2.05, 4.69) is 4.90 Å². The molecule has 2 amide bonds. The van der Waals surface area contributed by atoms with Gasteiger partial charge in [-0.15, -0.1) is 0 Å². The molecule has 3 aliphatic rings. The van der Waals surface area contributed by atoms with Gasteiger partial charge in [0.1, 0.15) is 0 Å². The van der Waals surface area contributed by atoms with E-state index in [1.54, 1.807) is 0 Å². The average Bonchev–Trinajstić information content (AvgIpc) is 2.64. The monoisotopic (exact) mass is 278 g/mol. The van der Waals surface area contributed by atoms with Crippen LogP contribution in [0.2, 0.25) is 0 Å². The highest BCUT2D eigenvalue weighted by molar-refractivity contribution is 6.05. The van der Waals surface area contributed by atoms with Crippen molar-refractivity contribution in [2.24, 2.45) is 11.8 Å². The number of carbonyl (C=O) groups excluding carboxylic acids is 2. The van der Waals surface area contributed by atoms with E-state index in [-0.39, 0.29) is 35.9 Å². The molecular weight excluding hydrogens is 256 g/mol. The van der Waals surface area contributed by atoms with Gasteiger partial charge in [0.05, 0.1) is 30.7 Å². The number of ether oxygens (including phenoxy) is 1. The molecule has 0 bridgehead atoms. The molecule has 20 heavy (non-hydrogen) atoms. The Labute approximate surface area is 119 Å². The van der Waals surface area contributed by atoms with Gasteiger partial charge in [0, 0.05) is 13.1 Å². The van der Waals surface area contributed by atoms with Gasteiger partial charge in [-0.05, 0) is 26.7 Å². The average molecular weight is 278 g/mol. The van der Waals surface area contributed by atoms with Gasteiger partial charge in [0.25, 0.3) is 0 Å². The minimum absolute atomic E-state index is 0.0103. The number of imide groups is 1. The minimum atomic E-state index is -0.122. The molecule has 110 valence electrons. The first kappa shape index (κ1) is 13.8. The number of morpholine rings is 1. The Morgan fingerprint density at radius 2 is 1.55 bits per heavy atom. The Balaban J connectivity index is 1.68. The Kier molecular flexibility index (Phi) is 3.65. The van der Waals surface area contributed by atoms with Gasteiger partial charge in [-0.1, -0.05) is 12.2 Å². The fraction of sp³-hybridized carbons (Fsp3) is 0.733. The zero-order valence-electron chi connectivity index (χ0n) is 12.1. The lowest BCUT2D eigenvalue weighted by Gasteiger charge is -2.36. The number of amides is 2. The first-order valence-corrected chi connectivity index (χ1v) is 7.44. The summed E-state index contributed by atoms with van der Waals surface area (Å²) in [4.78, 5) is 28.4. The molecule has 4 atom stereocenters. The Bertz CT molecular complexity index is 412. The number of allylic oxidation sites excluding steroid dienone is 2. The number of nitrogens with zero attached hydrogens (tertiary/aromatic N) is 2. The van der Waals surface area contributed by atoms with Crippen molar-refractivity contribution in [1.82, 2.24) is 9.80 Å². The van der Waals surface area contributed by atoms with E-state index in [1.165, 1.54) is 4.90 Å². The van der Waals surface area contributed by atoms with Gasteiger partial charge in [0.15, 0.2) is 0 Å². The number of carbonyl (C=O) groups is 2. The molecule has 0 saturated carbocycles. The third-order valence-electron chi connectivity index (χ3n) is 4.44. The van der Waals surface area contributed by atoms with E-state index in [0.717, 1.165) is 13.1 Å². The second-order valence-corrected chi connectivity index (χ2v) is 6.20. The number of hydrogen-bond donors (Lipinski definition) is 0. The van der Waals surface area contributed by atoms with Crippen molar-refractivity contribution >= 4 is 11.8 Å². The van der Waals surface area contributed by atoms with Crippen LogP contribution >= 0.6 is 0 Å². The first-order valence-electron chi connectivity index (χ1n) is 7.44. The van der Waals surface area contributed by atoms with Gasteiger partial charge < -0.3 is 4.74 Å². The zero-order chi connectivity index (χ0) is 14.3. The van der Waals surface area contributed by atoms with Gasteiger partial charge in [-0.2, -0.15) is 0 Å². The predicted molar refractivity (Wildman–Crippen MR) is 73.7 cm³/mol. The SMILES string of the molecule is C[C@@H]1CN(CN2C(=O)[C@H]3CC=CC[C@@H]3C2=O)C[C@H](C)O1. The highest BCUT2D eigenvalue weighted by Gasteiger charge is 2.47. The van der Waals surface area contributed by atoms with Crippen LogP contribution < -0.4 is 0 Å². The second-order valence-electron chi connectivity index (χ2n) is 6.20. The fourth-order valence-electron chi connectivity index (χ4n) is 3.61. The van der Waals surface area contributed by atoms with Crippen LogP contribution in [0.1, 0.15) is 26.7 Å². The molecule has 2 saturated heterocycles. The molecule has 0 spiro atoms. The summed E-state index contributed by atoms with van der Waals surface area (Å²) in [6.45, 7) is 6.02. The number of fused-ring (bicyclic) bond motifs is 1. The molecular formula is C15H22N2O3. The normalized spacial score (nSPS) is 38.4. The summed E-state index contributed by atoms with van der Waals surface area (Å²) < 4.78 is 5.69. The molecule has 0 radical (unpaired) electrons. The number of hydrogen-bond acceptors (Lipinski definition) is 4. The quantitative estimate of drug-likeness (QED) is 0.558. The van der Waals surface area contributed by atoms with Crippen molar-refractivity contribution in [2.45, 2.75) is 38.9 Å². The van der Waals surface area contributed by atoms with E-state index in [9.17, 15) is 9.59 Å². The van der Waals surface area contributed by atoms with Crippen molar-refractivity contribution in [3.63, 3.8) is 0 Å². The molecule has 3 rings (SSSR count). The lowest BCUT2D eigenvalue weighted by atomic mass is 9.85. The fourth-order valence-corrected chi connectivity index (χ4v) is 3.61. The number of rotatable bonds is 2. The maximum absolute atomic E-state index is 12.4. The van der Waals surface area contributed by atoms with Gasteiger partial charge in [-0.25, -0.2) is 0 Å². The van der Waals surface area contributed by atoms with E-state index >= 15 is 0 Å². The lowest BCUT2D eigenvalue weighted by molar-refractivity contribution is -0.146. The van der Waals surface area contributed by atoms with Crippen LogP contribution in [0, 0.1) is 11.8 Å². The Hall–Kier alpha value is -1.20. The topological polar surface area (TPSA) is 49.9 Å². The Morgan fingerprint density at radius 1 is 1.05 bits per heavy atom. The standard InChI is InChI=1S/C15H22N2O3/c1-10-7-16(8-11(2)20-10)9-17-14(18)12-5-3-4-6-13(12)15(17)19/h3-4,10-13H,5-9H2,1-2H3/t10-,11+,12-,13-/m0/s1.